The van der Waals surface area contributed by atoms with Crippen molar-refractivity contribution < 1.29 is 8.42 Å². The van der Waals surface area contributed by atoms with Gasteiger partial charge in [-0.05, 0) is 51.1 Å². The molecule has 0 radical (unpaired) electrons. The summed E-state index contributed by atoms with van der Waals surface area (Å²) >= 11 is 0. The van der Waals surface area contributed by atoms with Crippen LogP contribution in [0, 0.1) is 5.92 Å². The zero-order chi connectivity index (χ0) is 15.2. The maximum atomic E-state index is 12.5. The molecular weight excluding hydrogens is 274 g/mol. The second kappa shape index (κ2) is 8.32. The maximum absolute atomic E-state index is 12.5. The molecule has 6 heteroatoms. The Hall–Kier alpha value is -0.170. The minimum absolute atomic E-state index is 0.174. The van der Waals surface area contributed by atoms with E-state index in [0.717, 1.165) is 51.1 Å². The van der Waals surface area contributed by atoms with Gasteiger partial charge >= 0.3 is 0 Å². The van der Waals surface area contributed by atoms with Gasteiger partial charge in [-0.2, -0.15) is 17.0 Å². The average molecular weight is 305 g/mol. The van der Waals surface area contributed by atoms with Crippen LogP contribution in [0.5, 0.6) is 0 Å². The van der Waals surface area contributed by atoms with Gasteiger partial charge in [0.25, 0.3) is 10.2 Å². The Morgan fingerprint density at radius 3 is 2.30 bits per heavy atom. The van der Waals surface area contributed by atoms with Gasteiger partial charge in [0.1, 0.15) is 0 Å². The second-order valence-corrected chi connectivity index (χ2v) is 8.06. The Morgan fingerprint density at radius 1 is 1.15 bits per heavy atom. The molecule has 1 aliphatic rings. The molecule has 0 bridgehead atoms. The van der Waals surface area contributed by atoms with Crippen LogP contribution < -0.4 is 5.32 Å². The van der Waals surface area contributed by atoms with Crippen molar-refractivity contribution in [2.24, 2.45) is 5.92 Å². The maximum Gasteiger partial charge on any atom is 0.281 e. The molecule has 0 heterocycles. The van der Waals surface area contributed by atoms with Gasteiger partial charge in [-0.3, -0.25) is 0 Å². The summed E-state index contributed by atoms with van der Waals surface area (Å²) in [6.45, 7) is 6.66. The normalized spacial score (nSPS) is 24.5. The van der Waals surface area contributed by atoms with Gasteiger partial charge in [-0.1, -0.05) is 13.8 Å². The van der Waals surface area contributed by atoms with Crippen molar-refractivity contribution in [1.29, 1.82) is 0 Å². The largest absolute Gasteiger partial charge is 0.317 e. The number of nitrogens with zero attached hydrogens (tertiary/aromatic N) is 2. The highest BCUT2D eigenvalue weighted by Gasteiger charge is 2.31. The van der Waals surface area contributed by atoms with Crippen LogP contribution >= 0.6 is 0 Å². The van der Waals surface area contributed by atoms with E-state index in [9.17, 15) is 8.42 Å². The highest BCUT2D eigenvalue weighted by molar-refractivity contribution is 7.86. The molecule has 0 spiro atoms. The molecule has 0 aromatic carbocycles. The van der Waals surface area contributed by atoms with Crippen molar-refractivity contribution in [2.75, 3.05) is 33.7 Å². The van der Waals surface area contributed by atoms with Gasteiger partial charge in [0.2, 0.25) is 0 Å². The Morgan fingerprint density at radius 2 is 1.75 bits per heavy atom. The molecule has 120 valence electrons. The SMILES string of the molecule is CCNCCCN(C)S(=O)(=O)N(C)C1CCC(C)CC1. The first-order valence-electron chi connectivity index (χ1n) is 7.79. The van der Waals surface area contributed by atoms with Gasteiger partial charge in [-0.15, -0.1) is 0 Å². The van der Waals surface area contributed by atoms with E-state index in [-0.39, 0.29) is 6.04 Å². The molecular formula is C14H31N3O2S. The van der Waals surface area contributed by atoms with Crippen LogP contribution in [0.3, 0.4) is 0 Å². The lowest BCUT2D eigenvalue weighted by molar-refractivity contribution is 0.235. The summed E-state index contributed by atoms with van der Waals surface area (Å²) < 4.78 is 28.1. The summed E-state index contributed by atoms with van der Waals surface area (Å²) in [5, 5.41) is 3.22. The molecule has 0 aromatic rings. The smallest absolute Gasteiger partial charge is 0.281 e. The van der Waals surface area contributed by atoms with Crippen LogP contribution in [0.4, 0.5) is 0 Å². The third-order valence-electron chi connectivity index (χ3n) is 4.33. The van der Waals surface area contributed by atoms with Gasteiger partial charge in [0.15, 0.2) is 0 Å². The number of rotatable bonds is 8. The lowest BCUT2D eigenvalue weighted by Crippen LogP contribution is -2.46. The lowest BCUT2D eigenvalue weighted by Gasteiger charge is -2.35. The predicted octanol–water partition coefficient (Wildman–Crippen LogP) is 1.67. The predicted molar refractivity (Wildman–Crippen MR) is 83.9 cm³/mol. The molecule has 0 aliphatic heterocycles. The lowest BCUT2D eigenvalue weighted by atomic mass is 9.87. The number of hydrogen-bond acceptors (Lipinski definition) is 3. The molecule has 1 fully saturated rings. The van der Waals surface area contributed by atoms with Crippen molar-refractivity contribution in [1.82, 2.24) is 13.9 Å². The van der Waals surface area contributed by atoms with E-state index in [0.29, 0.717) is 6.54 Å². The molecule has 0 aromatic heterocycles. The number of hydrogen-bond donors (Lipinski definition) is 1. The van der Waals surface area contributed by atoms with E-state index in [1.807, 2.05) is 0 Å². The van der Waals surface area contributed by atoms with Crippen LogP contribution in [0.2, 0.25) is 0 Å². The monoisotopic (exact) mass is 305 g/mol. The molecule has 1 N–H and O–H groups in total. The van der Waals surface area contributed by atoms with Gasteiger partial charge in [0, 0.05) is 26.7 Å². The topological polar surface area (TPSA) is 52.7 Å². The van der Waals surface area contributed by atoms with Crippen molar-refractivity contribution >= 4 is 10.2 Å². The number of nitrogens with one attached hydrogen (secondary N) is 1. The molecule has 1 saturated carbocycles. The van der Waals surface area contributed by atoms with E-state index in [1.165, 1.54) is 4.31 Å². The van der Waals surface area contributed by atoms with Crippen molar-refractivity contribution in [3.05, 3.63) is 0 Å². The van der Waals surface area contributed by atoms with Gasteiger partial charge in [0.05, 0.1) is 0 Å². The fraction of sp³-hybridized carbons (Fsp3) is 1.00. The molecule has 0 saturated heterocycles. The molecule has 1 aliphatic carbocycles. The molecule has 0 amide bonds. The van der Waals surface area contributed by atoms with Crippen molar-refractivity contribution in [2.45, 2.75) is 52.0 Å². The Labute approximate surface area is 124 Å². The van der Waals surface area contributed by atoms with Crippen LogP contribution in [0.25, 0.3) is 0 Å². The van der Waals surface area contributed by atoms with Crippen molar-refractivity contribution in [3.63, 3.8) is 0 Å². The summed E-state index contributed by atoms with van der Waals surface area (Å²) in [6, 6.07) is 0.174. The second-order valence-electron chi connectivity index (χ2n) is 5.97. The quantitative estimate of drug-likeness (QED) is 0.694. The summed E-state index contributed by atoms with van der Waals surface area (Å²) in [4.78, 5) is 0. The minimum Gasteiger partial charge on any atom is -0.317 e. The molecule has 0 atom stereocenters. The highest BCUT2D eigenvalue weighted by Crippen LogP contribution is 2.28. The molecule has 20 heavy (non-hydrogen) atoms. The third kappa shape index (κ3) is 4.98. The first kappa shape index (κ1) is 17.9. The Balaban J connectivity index is 2.49. The van der Waals surface area contributed by atoms with E-state index in [1.54, 1.807) is 18.4 Å². The van der Waals surface area contributed by atoms with Crippen LogP contribution in [-0.4, -0.2) is 56.8 Å². The summed E-state index contributed by atoms with van der Waals surface area (Å²) in [5.74, 6) is 0.736. The molecule has 5 nitrogen and oxygen atoms in total. The molecule has 0 unspecified atom stereocenters. The van der Waals surface area contributed by atoms with Crippen LogP contribution in [0.15, 0.2) is 0 Å². The summed E-state index contributed by atoms with van der Waals surface area (Å²) in [6.07, 6.45) is 5.09. The fourth-order valence-corrected chi connectivity index (χ4v) is 4.12. The minimum atomic E-state index is -3.30. The Kier molecular flexibility index (Phi) is 7.43. The third-order valence-corrected chi connectivity index (χ3v) is 6.33. The van der Waals surface area contributed by atoms with Gasteiger partial charge in [-0.25, -0.2) is 0 Å². The zero-order valence-corrected chi connectivity index (χ0v) is 14.2. The first-order valence-corrected chi connectivity index (χ1v) is 9.19. The average Bonchev–Trinajstić information content (AvgIpc) is 2.43. The first-order chi connectivity index (χ1) is 9.39. The Bertz CT molecular complexity index is 365. The van der Waals surface area contributed by atoms with E-state index < -0.39 is 10.2 Å². The molecule has 1 rings (SSSR count). The van der Waals surface area contributed by atoms with Crippen LogP contribution in [-0.2, 0) is 10.2 Å². The zero-order valence-electron chi connectivity index (χ0n) is 13.4. The van der Waals surface area contributed by atoms with Crippen LogP contribution in [0.1, 0.15) is 46.0 Å². The van der Waals surface area contributed by atoms with Crippen molar-refractivity contribution in [3.8, 4) is 0 Å². The van der Waals surface area contributed by atoms with Gasteiger partial charge < -0.3 is 5.32 Å². The fourth-order valence-electron chi connectivity index (χ4n) is 2.73. The van der Waals surface area contributed by atoms with E-state index >= 15 is 0 Å². The van der Waals surface area contributed by atoms with E-state index in [4.69, 9.17) is 0 Å². The van der Waals surface area contributed by atoms with E-state index in [2.05, 4.69) is 19.2 Å². The summed E-state index contributed by atoms with van der Waals surface area (Å²) in [7, 11) is 0.112. The summed E-state index contributed by atoms with van der Waals surface area (Å²) in [5.41, 5.74) is 0. The highest BCUT2D eigenvalue weighted by atomic mass is 32.2. The standard InChI is InChI=1S/C14H31N3O2S/c1-5-15-11-6-12-16(3)20(18,19)17(4)14-9-7-13(2)8-10-14/h13-15H,5-12H2,1-4H3.